The van der Waals surface area contributed by atoms with Crippen LogP contribution >= 0.6 is 0 Å². The highest BCUT2D eigenvalue weighted by molar-refractivity contribution is 5.75. The third-order valence-corrected chi connectivity index (χ3v) is 4.18. The van der Waals surface area contributed by atoms with Crippen LogP contribution in [0.3, 0.4) is 0 Å². The molecule has 110 valence electrons. The number of aryl methyl sites for hydroxylation is 2. The monoisotopic (exact) mass is 293 g/mol. The van der Waals surface area contributed by atoms with Crippen LogP contribution < -0.4 is 11.2 Å². The Hall–Kier alpha value is -2.69. The maximum atomic E-state index is 12.7. The van der Waals surface area contributed by atoms with Gasteiger partial charge in [-0.25, -0.2) is 14.3 Å². The summed E-state index contributed by atoms with van der Waals surface area (Å²) in [5, 5.41) is 0.476. The molecule has 5 nitrogen and oxygen atoms in total. The Labute approximate surface area is 126 Å². The zero-order valence-electron chi connectivity index (χ0n) is 12.0. The molecule has 1 aliphatic rings. The second-order valence-electron chi connectivity index (χ2n) is 5.60. The molecular weight excluding hydrogens is 278 g/mol. The molecule has 0 radical (unpaired) electrons. The number of rotatable bonds is 1. The van der Waals surface area contributed by atoms with Gasteiger partial charge in [0, 0.05) is 5.69 Å². The van der Waals surface area contributed by atoms with Crippen molar-refractivity contribution in [2.75, 3.05) is 0 Å². The summed E-state index contributed by atoms with van der Waals surface area (Å²) < 4.78 is 1.17. The van der Waals surface area contributed by atoms with E-state index in [4.69, 9.17) is 0 Å². The van der Waals surface area contributed by atoms with Gasteiger partial charge in [0.05, 0.1) is 11.1 Å². The normalized spacial score (nSPS) is 14.0. The highest BCUT2D eigenvalue weighted by atomic mass is 16.2. The van der Waals surface area contributed by atoms with E-state index in [1.54, 1.807) is 24.3 Å². The first-order valence-corrected chi connectivity index (χ1v) is 7.47. The molecule has 0 aliphatic heterocycles. The molecule has 4 rings (SSSR count). The second-order valence-corrected chi connectivity index (χ2v) is 5.60. The van der Waals surface area contributed by atoms with Crippen LogP contribution in [0.4, 0.5) is 0 Å². The maximum Gasteiger partial charge on any atom is 0.334 e. The van der Waals surface area contributed by atoms with Gasteiger partial charge in [0.2, 0.25) is 0 Å². The summed E-state index contributed by atoms with van der Waals surface area (Å²) in [6, 6.07) is 10.8. The SMILES string of the molecule is O=c1[nH]c2nc3c(cc2c(=O)n1-c1ccccc1)CCCC3. The summed E-state index contributed by atoms with van der Waals surface area (Å²) in [4.78, 5) is 32.3. The fourth-order valence-corrected chi connectivity index (χ4v) is 3.07. The summed E-state index contributed by atoms with van der Waals surface area (Å²) in [5.74, 6) is 0. The number of aromatic amines is 1. The predicted molar refractivity (Wildman–Crippen MR) is 84.6 cm³/mol. The number of nitrogens with one attached hydrogen (secondary N) is 1. The lowest BCUT2D eigenvalue weighted by Gasteiger charge is -2.15. The third-order valence-electron chi connectivity index (χ3n) is 4.18. The van der Waals surface area contributed by atoms with Crippen LogP contribution in [0, 0.1) is 0 Å². The van der Waals surface area contributed by atoms with E-state index in [1.807, 2.05) is 12.1 Å². The van der Waals surface area contributed by atoms with E-state index in [1.165, 1.54) is 4.57 Å². The van der Waals surface area contributed by atoms with E-state index in [0.717, 1.165) is 36.9 Å². The third kappa shape index (κ3) is 1.97. The van der Waals surface area contributed by atoms with Gasteiger partial charge in [0.15, 0.2) is 0 Å². The first-order chi connectivity index (χ1) is 10.7. The highest BCUT2D eigenvalue weighted by Crippen LogP contribution is 2.21. The van der Waals surface area contributed by atoms with E-state index in [2.05, 4.69) is 9.97 Å². The lowest BCUT2D eigenvalue weighted by molar-refractivity contribution is 0.670. The molecule has 2 heterocycles. The summed E-state index contributed by atoms with van der Waals surface area (Å²) >= 11 is 0. The van der Waals surface area contributed by atoms with Crippen LogP contribution in [0.5, 0.6) is 0 Å². The lowest BCUT2D eigenvalue weighted by Crippen LogP contribution is -2.34. The average molecular weight is 293 g/mol. The Morgan fingerprint density at radius 2 is 1.82 bits per heavy atom. The van der Waals surface area contributed by atoms with E-state index in [9.17, 15) is 9.59 Å². The Bertz CT molecular complexity index is 971. The smallest absolute Gasteiger partial charge is 0.291 e. The molecule has 0 unspecified atom stereocenters. The number of hydrogen-bond acceptors (Lipinski definition) is 3. The summed E-state index contributed by atoms with van der Waals surface area (Å²) in [7, 11) is 0. The van der Waals surface area contributed by atoms with Crippen molar-refractivity contribution >= 4 is 11.0 Å². The van der Waals surface area contributed by atoms with Crippen molar-refractivity contribution in [3.63, 3.8) is 0 Å². The van der Waals surface area contributed by atoms with Crippen molar-refractivity contribution in [3.05, 3.63) is 68.5 Å². The number of H-pyrrole nitrogens is 1. The fraction of sp³-hybridized carbons (Fsp3) is 0.235. The van der Waals surface area contributed by atoms with E-state index in [0.29, 0.717) is 16.7 Å². The Kier molecular flexibility index (Phi) is 2.92. The van der Waals surface area contributed by atoms with Crippen molar-refractivity contribution in [3.8, 4) is 5.69 Å². The van der Waals surface area contributed by atoms with Crippen molar-refractivity contribution in [2.24, 2.45) is 0 Å². The van der Waals surface area contributed by atoms with Crippen LogP contribution in [-0.4, -0.2) is 14.5 Å². The Balaban J connectivity index is 2.05. The van der Waals surface area contributed by atoms with Gasteiger partial charge in [-0.2, -0.15) is 0 Å². The van der Waals surface area contributed by atoms with Crippen LogP contribution in [0.25, 0.3) is 16.7 Å². The Morgan fingerprint density at radius 1 is 1.05 bits per heavy atom. The van der Waals surface area contributed by atoms with Crippen molar-refractivity contribution < 1.29 is 0 Å². The zero-order chi connectivity index (χ0) is 15.1. The number of nitrogens with zero attached hydrogens (tertiary/aromatic N) is 2. The van der Waals surface area contributed by atoms with Crippen molar-refractivity contribution in [2.45, 2.75) is 25.7 Å². The number of para-hydroxylation sites is 1. The van der Waals surface area contributed by atoms with Crippen LogP contribution in [0.1, 0.15) is 24.1 Å². The number of pyridine rings is 1. The molecular formula is C17H15N3O2. The number of fused-ring (bicyclic) bond motifs is 2. The van der Waals surface area contributed by atoms with Crippen LogP contribution in [-0.2, 0) is 12.8 Å². The molecule has 5 heteroatoms. The van der Waals surface area contributed by atoms with Gasteiger partial charge in [-0.05, 0) is 49.4 Å². The largest absolute Gasteiger partial charge is 0.334 e. The first kappa shape index (κ1) is 13.0. The molecule has 1 aromatic carbocycles. The van der Waals surface area contributed by atoms with E-state index in [-0.39, 0.29) is 5.56 Å². The van der Waals surface area contributed by atoms with Gasteiger partial charge in [0.1, 0.15) is 5.65 Å². The van der Waals surface area contributed by atoms with Gasteiger partial charge < -0.3 is 0 Å². The summed E-state index contributed by atoms with van der Waals surface area (Å²) in [6.07, 6.45) is 4.09. The highest BCUT2D eigenvalue weighted by Gasteiger charge is 2.16. The van der Waals surface area contributed by atoms with Gasteiger partial charge >= 0.3 is 5.69 Å². The van der Waals surface area contributed by atoms with Gasteiger partial charge in [-0.1, -0.05) is 18.2 Å². The molecule has 0 saturated heterocycles. The molecule has 22 heavy (non-hydrogen) atoms. The predicted octanol–water partition coefficient (Wildman–Crippen LogP) is 1.95. The average Bonchev–Trinajstić information content (AvgIpc) is 2.54. The van der Waals surface area contributed by atoms with Crippen molar-refractivity contribution in [1.29, 1.82) is 0 Å². The maximum absolute atomic E-state index is 12.7. The van der Waals surface area contributed by atoms with E-state index >= 15 is 0 Å². The topological polar surface area (TPSA) is 67.8 Å². The summed E-state index contributed by atoms with van der Waals surface area (Å²) in [6.45, 7) is 0. The minimum Gasteiger partial charge on any atom is -0.291 e. The molecule has 0 bridgehead atoms. The standard InChI is InChI=1S/C17H15N3O2/c21-16-13-10-11-6-4-5-9-14(11)18-15(13)19-17(22)20(16)12-7-2-1-3-8-12/h1-3,7-8,10H,4-6,9H2,(H,18,19,22). The molecule has 2 aromatic heterocycles. The minimum atomic E-state index is -0.452. The zero-order valence-corrected chi connectivity index (χ0v) is 12.0. The Morgan fingerprint density at radius 3 is 2.64 bits per heavy atom. The number of aromatic nitrogens is 3. The molecule has 0 amide bonds. The molecule has 0 saturated carbocycles. The van der Waals surface area contributed by atoms with Crippen molar-refractivity contribution in [1.82, 2.24) is 14.5 Å². The summed E-state index contributed by atoms with van der Waals surface area (Å²) in [5.41, 5.74) is 2.32. The number of hydrogen-bond donors (Lipinski definition) is 1. The second kappa shape index (κ2) is 4.94. The molecule has 3 aromatic rings. The molecule has 1 N–H and O–H groups in total. The van der Waals surface area contributed by atoms with Gasteiger partial charge in [-0.15, -0.1) is 0 Å². The van der Waals surface area contributed by atoms with Crippen LogP contribution in [0.2, 0.25) is 0 Å². The number of benzene rings is 1. The molecule has 0 atom stereocenters. The van der Waals surface area contributed by atoms with E-state index < -0.39 is 5.69 Å². The molecule has 0 fully saturated rings. The molecule has 0 spiro atoms. The first-order valence-electron chi connectivity index (χ1n) is 7.47. The van der Waals surface area contributed by atoms with Gasteiger partial charge in [-0.3, -0.25) is 9.78 Å². The quantitative estimate of drug-likeness (QED) is 0.745. The van der Waals surface area contributed by atoms with Gasteiger partial charge in [0.25, 0.3) is 5.56 Å². The minimum absolute atomic E-state index is 0.314. The fourth-order valence-electron chi connectivity index (χ4n) is 3.07. The molecule has 1 aliphatic carbocycles. The van der Waals surface area contributed by atoms with Crippen LogP contribution in [0.15, 0.2) is 46.0 Å². The lowest BCUT2D eigenvalue weighted by atomic mass is 9.95.